The van der Waals surface area contributed by atoms with Crippen LogP contribution in [-0.2, 0) is 0 Å². The van der Waals surface area contributed by atoms with Gasteiger partial charge in [0.05, 0.1) is 0 Å². The molecule has 1 aliphatic carbocycles. The molecule has 0 atom stereocenters. The number of halogens is 2. The van der Waals surface area contributed by atoms with Gasteiger partial charge in [0.1, 0.15) is 12.0 Å². The number of nitrogens with zero attached hydrogens (tertiary/aromatic N) is 5. The molecular weight excluding hydrogens is 364 g/mol. The summed E-state index contributed by atoms with van der Waals surface area (Å²) in [6.45, 7) is 0.609. The minimum atomic E-state index is -2.50. The van der Waals surface area contributed by atoms with E-state index in [1.54, 1.807) is 10.7 Å². The first-order valence-electron chi connectivity index (χ1n) is 9.33. The van der Waals surface area contributed by atoms with Crippen molar-refractivity contribution in [3.05, 3.63) is 37.1 Å². The van der Waals surface area contributed by atoms with E-state index in [9.17, 15) is 8.78 Å². The van der Waals surface area contributed by atoms with E-state index in [0.29, 0.717) is 25.3 Å². The standard InChI is InChI=1S/C19H19F2N7/c20-19(21)5-3-12(4-6-19)7-23-18-24-9-15-14(8-22-17(15)27-18)13-1-2-16-25-11-26-28(16)10-13/h1-2,8-12H,3-7H2,(H2,22,23,24,27). The van der Waals surface area contributed by atoms with Crippen molar-refractivity contribution in [3.63, 3.8) is 0 Å². The summed E-state index contributed by atoms with van der Waals surface area (Å²) in [5.74, 6) is -1.76. The first-order chi connectivity index (χ1) is 13.6. The van der Waals surface area contributed by atoms with Gasteiger partial charge in [-0.25, -0.2) is 23.3 Å². The van der Waals surface area contributed by atoms with Crippen LogP contribution in [0.4, 0.5) is 14.7 Å². The third-order valence-electron chi connectivity index (χ3n) is 5.40. The predicted octanol–water partition coefficient (Wildman–Crippen LogP) is 3.91. The molecule has 4 aromatic heterocycles. The Morgan fingerprint density at radius 1 is 1.21 bits per heavy atom. The molecule has 2 N–H and O–H groups in total. The lowest BCUT2D eigenvalue weighted by Crippen LogP contribution is -2.28. The lowest BCUT2D eigenvalue weighted by atomic mass is 9.87. The van der Waals surface area contributed by atoms with Crippen LogP contribution in [0.2, 0.25) is 0 Å². The Morgan fingerprint density at radius 2 is 2.07 bits per heavy atom. The van der Waals surface area contributed by atoms with Crippen LogP contribution < -0.4 is 5.32 Å². The lowest BCUT2D eigenvalue weighted by Gasteiger charge is -2.28. The van der Waals surface area contributed by atoms with Gasteiger partial charge < -0.3 is 10.3 Å². The van der Waals surface area contributed by atoms with Crippen LogP contribution in [0, 0.1) is 5.92 Å². The SMILES string of the molecule is FC1(F)CCC(CNc2ncc3c(-c4ccc5ncnn5c4)c[nH]c3n2)CC1. The van der Waals surface area contributed by atoms with Crippen LogP contribution in [-0.4, -0.2) is 42.0 Å². The number of fused-ring (bicyclic) bond motifs is 2. The van der Waals surface area contributed by atoms with Gasteiger partial charge in [-0.05, 0) is 30.9 Å². The highest BCUT2D eigenvalue weighted by molar-refractivity contribution is 5.93. The van der Waals surface area contributed by atoms with Crippen LogP contribution in [0.1, 0.15) is 25.7 Å². The fourth-order valence-electron chi connectivity index (χ4n) is 3.75. The van der Waals surface area contributed by atoms with Gasteiger partial charge in [-0.3, -0.25) is 0 Å². The van der Waals surface area contributed by atoms with Gasteiger partial charge in [0.15, 0.2) is 5.65 Å². The van der Waals surface area contributed by atoms with Crippen molar-refractivity contribution in [1.29, 1.82) is 0 Å². The summed E-state index contributed by atoms with van der Waals surface area (Å²) in [5, 5.41) is 8.27. The number of pyridine rings is 1. The van der Waals surface area contributed by atoms with E-state index in [1.807, 2.05) is 24.5 Å². The maximum atomic E-state index is 13.3. The lowest BCUT2D eigenvalue weighted by molar-refractivity contribution is -0.0443. The molecule has 7 nitrogen and oxygen atoms in total. The third kappa shape index (κ3) is 3.17. The van der Waals surface area contributed by atoms with E-state index in [-0.39, 0.29) is 18.8 Å². The Labute approximate surface area is 159 Å². The molecule has 0 spiro atoms. The zero-order chi connectivity index (χ0) is 19.1. The minimum Gasteiger partial charge on any atom is -0.354 e. The number of nitrogens with one attached hydrogen (secondary N) is 2. The molecule has 0 aliphatic heterocycles. The molecule has 0 bridgehead atoms. The van der Waals surface area contributed by atoms with Crippen LogP contribution in [0.5, 0.6) is 0 Å². The molecule has 5 rings (SSSR count). The number of anilines is 1. The molecular formula is C19H19F2N7. The van der Waals surface area contributed by atoms with Crippen molar-refractivity contribution in [2.45, 2.75) is 31.6 Å². The monoisotopic (exact) mass is 383 g/mol. The van der Waals surface area contributed by atoms with E-state index in [2.05, 4.69) is 30.4 Å². The molecule has 0 aromatic carbocycles. The zero-order valence-corrected chi connectivity index (χ0v) is 15.1. The topological polar surface area (TPSA) is 83.8 Å². The summed E-state index contributed by atoms with van der Waals surface area (Å²) in [7, 11) is 0. The highest BCUT2D eigenvalue weighted by Gasteiger charge is 2.34. The average Bonchev–Trinajstić information content (AvgIpc) is 3.33. The van der Waals surface area contributed by atoms with Crippen molar-refractivity contribution in [2.75, 3.05) is 11.9 Å². The molecule has 4 heterocycles. The second kappa shape index (κ2) is 6.50. The molecule has 4 aromatic rings. The number of H-pyrrole nitrogens is 1. The Balaban J connectivity index is 1.33. The molecule has 0 saturated heterocycles. The van der Waals surface area contributed by atoms with Gasteiger partial charge in [0, 0.05) is 54.5 Å². The fourth-order valence-corrected chi connectivity index (χ4v) is 3.75. The third-order valence-corrected chi connectivity index (χ3v) is 5.40. The van der Waals surface area contributed by atoms with E-state index in [0.717, 1.165) is 27.8 Å². The van der Waals surface area contributed by atoms with Gasteiger partial charge >= 0.3 is 0 Å². The predicted molar refractivity (Wildman–Crippen MR) is 101 cm³/mol. The smallest absolute Gasteiger partial charge is 0.248 e. The van der Waals surface area contributed by atoms with Gasteiger partial charge in [-0.1, -0.05) is 0 Å². The molecule has 0 amide bonds. The Hall–Kier alpha value is -3.10. The van der Waals surface area contributed by atoms with Crippen molar-refractivity contribution < 1.29 is 8.78 Å². The maximum absolute atomic E-state index is 13.3. The Morgan fingerprint density at radius 3 is 2.93 bits per heavy atom. The quantitative estimate of drug-likeness (QED) is 0.558. The highest BCUT2D eigenvalue weighted by Crippen LogP contribution is 2.36. The summed E-state index contributed by atoms with van der Waals surface area (Å²) in [4.78, 5) is 16.3. The molecule has 9 heteroatoms. The normalized spacial score (nSPS) is 17.4. The molecule has 1 saturated carbocycles. The molecule has 28 heavy (non-hydrogen) atoms. The maximum Gasteiger partial charge on any atom is 0.248 e. The van der Waals surface area contributed by atoms with Crippen LogP contribution in [0.15, 0.2) is 37.1 Å². The number of hydrogen-bond donors (Lipinski definition) is 2. The molecule has 1 aliphatic rings. The number of alkyl halides is 2. The van der Waals surface area contributed by atoms with Crippen LogP contribution in [0.25, 0.3) is 27.8 Å². The number of aromatic nitrogens is 6. The van der Waals surface area contributed by atoms with Gasteiger partial charge in [-0.2, -0.15) is 10.1 Å². The number of rotatable bonds is 4. The van der Waals surface area contributed by atoms with Gasteiger partial charge in [0.25, 0.3) is 0 Å². The van der Waals surface area contributed by atoms with Crippen LogP contribution in [0.3, 0.4) is 0 Å². The van der Waals surface area contributed by atoms with Crippen molar-refractivity contribution in [3.8, 4) is 11.1 Å². The molecule has 0 unspecified atom stereocenters. The van der Waals surface area contributed by atoms with Crippen LogP contribution >= 0.6 is 0 Å². The summed E-state index contributed by atoms with van der Waals surface area (Å²) >= 11 is 0. The number of aromatic amines is 1. The van der Waals surface area contributed by atoms with E-state index >= 15 is 0 Å². The second-order valence-corrected chi connectivity index (χ2v) is 7.32. The molecule has 144 valence electrons. The number of hydrogen-bond acceptors (Lipinski definition) is 5. The van der Waals surface area contributed by atoms with E-state index in [1.165, 1.54) is 6.33 Å². The second-order valence-electron chi connectivity index (χ2n) is 7.32. The summed E-state index contributed by atoms with van der Waals surface area (Å²) in [6.07, 6.45) is 8.09. The molecule has 0 radical (unpaired) electrons. The van der Waals surface area contributed by atoms with E-state index in [4.69, 9.17) is 0 Å². The van der Waals surface area contributed by atoms with Gasteiger partial charge in [-0.15, -0.1) is 0 Å². The summed E-state index contributed by atoms with van der Waals surface area (Å²) in [6, 6.07) is 3.89. The first-order valence-corrected chi connectivity index (χ1v) is 9.33. The Kier molecular flexibility index (Phi) is 3.96. The zero-order valence-electron chi connectivity index (χ0n) is 15.1. The highest BCUT2D eigenvalue weighted by atomic mass is 19.3. The fraction of sp³-hybridized carbons (Fsp3) is 0.368. The summed E-state index contributed by atoms with van der Waals surface area (Å²) < 4.78 is 28.3. The minimum absolute atomic E-state index is 0.0324. The largest absolute Gasteiger partial charge is 0.354 e. The van der Waals surface area contributed by atoms with Crippen molar-refractivity contribution in [2.24, 2.45) is 5.92 Å². The van der Waals surface area contributed by atoms with E-state index < -0.39 is 5.92 Å². The summed E-state index contributed by atoms with van der Waals surface area (Å²) in [5.41, 5.74) is 3.47. The van der Waals surface area contributed by atoms with Gasteiger partial charge in [0.2, 0.25) is 11.9 Å². The average molecular weight is 383 g/mol. The van der Waals surface area contributed by atoms with Crippen molar-refractivity contribution >= 4 is 22.6 Å². The van der Waals surface area contributed by atoms with Crippen molar-refractivity contribution in [1.82, 2.24) is 29.5 Å². The first kappa shape index (κ1) is 17.0. The Bertz CT molecular complexity index is 1120. The molecule has 1 fully saturated rings.